The first kappa shape index (κ1) is 19.7. The monoisotopic (exact) mass is 336 g/mol. The first-order valence-electron chi connectivity index (χ1n) is 7.62. The van der Waals surface area contributed by atoms with Crippen LogP contribution in [0.1, 0.15) is 58.2 Å². The maximum atomic E-state index is 11.4. The summed E-state index contributed by atoms with van der Waals surface area (Å²) in [6.45, 7) is 9.90. The molecule has 0 heterocycles. The summed E-state index contributed by atoms with van der Waals surface area (Å²) in [6.07, 6.45) is 0. The highest BCUT2D eigenvalue weighted by molar-refractivity contribution is 5.71. The predicted octanol–water partition coefficient (Wildman–Crippen LogP) is 3.04. The van der Waals surface area contributed by atoms with E-state index in [1.165, 1.54) is 20.8 Å². The molecule has 1 aromatic carbocycles. The Bertz CT molecular complexity index is 600. The van der Waals surface area contributed by atoms with Crippen LogP contribution in [0.3, 0.4) is 0 Å². The molecular weight excluding hydrogens is 312 g/mol. The summed E-state index contributed by atoms with van der Waals surface area (Å²) >= 11 is 0. The van der Waals surface area contributed by atoms with Crippen LogP contribution < -0.4 is 4.74 Å². The van der Waals surface area contributed by atoms with Gasteiger partial charge in [0.05, 0.1) is 0 Å². The smallest absolute Gasteiger partial charge is 0.308 e. The molecule has 6 nitrogen and oxygen atoms in total. The minimum atomic E-state index is -0.508. The summed E-state index contributed by atoms with van der Waals surface area (Å²) in [4.78, 5) is 33.7. The third kappa shape index (κ3) is 6.02. The van der Waals surface area contributed by atoms with Gasteiger partial charge in [0.15, 0.2) is 0 Å². The van der Waals surface area contributed by atoms with Gasteiger partial charge in [-0.15, -0.1) is 0 Å². The quantitative estimate of drug-likeness (QED) is 0.607. The minimum absolute atomic E-state index is 0.0328. The lowest BCUT2D eigenvalue weighted by Gasteiger charge is -2.23. The second kappa shape index (κ2) is 7.95. The van der Waals surface area contributed by atoms with E-state index < -0.39 is 17.9 Å². The SMILES string of the molecule is CC(=O)OCc1cc(C(C)(C)C)cc(COC(C)=O)c1OC(C)=O. The highest BCUT2D eigenvalue weighted by Crippen LogP contribution is 2.33. The van der Waals surface area contributed by atoms with Crippen LogP contribution in [0.5, 0.6) is 5.75 Å². The van der Waals surface area contributed by atoms with E-state index in [9.17, 15) is 14.4 Å². The van der Waals surface area contributed by atoms with Crippen molar-refractivity contribution >= 4 is 17.9 Å². The van der Waals surface area contributed by atoms with E-state index in [1.54, 1.807) is 0 Å². The second-order valence-electron chi connectivity index (χ2n) is 6.53. The fourth-order valence-corrected chi connectivity index (χ4v) is 2.04. The molecule has 0 aromatic heterocycles. The van der Waals surface area contributed by atoms with Gasteiger partial charge in [-0.1, -0.05) is 20.8 Å². The second-order valence-corrected chi connectivity index (χ2v) is 6.53. The Morgan fingerprint density at radius 1 is 0.833 bits per heavy atom. The Balaban J connectivity index is 3.42. The summed E-state index contributed by atoms with van der Waals surface area (Å²) < 4.78 is 15.4. The highest BCUT2D eigenvalue weighted by atomic mass is 16.6. The molecule has 0 saturated carbocycles. The predicted molar refractivity (Wildman–Crippen MR) is 87.4 cm³/mol. The van der Waals surface area contributed by atoms with Gasteiger partial charge in [0, 0.05) is 31.9 Å². The molecule has 0 N–H and O–H groups in total. The number of carbonyl (C=O) groups is 3. The highest BCUT2D eigenvalue weighted by Gasteiger charge is 2.21. The number of benzene rings is 1. The summed E-state index contributed by atoms with van der Waals surface area (Å²) in [7, 11) is 0. The van der Waals surface area contributed by atoms with Crippen LogP contribution in [0, 0.1) is 0 Å². The summed E-state index contributed by atoms with van der Waals surface area (Å²) in [6, 6.07) is 3.66. The molecule has 6 heteroatoms. The Labute approximate surface area is 142 Å². The molecule has 0 spiro atoms. The molecule has 0 amide bonds. The van der Waals surface area contributed by atoms with E-state index >= 15 is 0 Å². The van der Waals surface area contributed by atoms with Crippen molar-refractivity contribution in [2.24, 2.45) is 0 Å². The van der Waals surface area contributed by atoms with Crippen molar-refractivity contribution in [3.63, 3.8) is 0 Å². The Hall–Kier alpha value is -2.37. The number of rotatable bonds is 5. The van der Waals surface area contributed by atoms with E-state index in [1.807, 2.05) is 32.9 Å². The fourth-order valence-electron chi connectivity index (χ4n) is 2.04. The summed E-state index contributed by atoms with van der Waals surface area (Å²) in [5.41, 5.74) is 1.86. The number of hydrogen-bond donors (Lipinski definition) is 0. The maximum absolute atomic E-state index is 11.4. The zero-order chi connectivity index (χ0) is 18.5. The number of carbonyl (C=O) groups excluding carboxylic acids is 3. The van der Waals surface area contributed by atoms with Crippen LogP contribution in [0.25, 0.3) is 0 Å². The molecule has 0 unspecified atom stereocenters. The van der Waals surface area contributed by atoms with Crippen LogP contribution in [-0.2, 0) is 42.5 Å². The van der Waals surface area contributed by atoms with E-state index in [4.69, 9.17) is 14.2 Å². The van der Waals surface area contributed by atoms with E-state index in [-0.39, 0.29) is 24.4 Å². The topological polar surface area (TPSA) is 78.9 Å². The van der Waals surface area contributed by atoms with Gasteiger partial charge in [0.1, 0.15) is 19.0 Å². The van der Waals surface area contributed by atoms with Crippen LogP contribution >= 0.6 is 0 Å². The van der Waals surface area contributed by atoms with Crippen molar-refractivity contribution in [2.75, 3.05) is 0 Å². The van der Waals surface area contributed by atoms with Gasteiger partial charge in [-0.3, -0.25) is 14.4 Å². The van der Waals surface area contributed by atoms with Crippen molar-refractivity contribution < 1.29 is 28.6 Å². The molecular formula is C18H24O6. The molecule has 0 bridgehead atoms. The Kier molecular flexibility index (Phi) is 6.51. The fraction of sp³-hybridized carbons (Fsp3) is 0.500. The summed E-state index contributed by atoms with van der Waals surface area (Å²) in [5, 5.41) is 0. The number of esters is 3. The molecule has 0 aliphatic rings. The first-order valence-corrected chi connectivity index (χ1v) is 7.62. The molecule has 0 fully saturated rings. The minimum Gasteiger partial charge on any atom is -0.461 e. The van der Waals surface area contributed by atoms with Crippen LogP contribution in [0.2, 0.25) is 0 Å². The van der Waals surface area contributed by atoms with Gasteiger partial charge in [-0.2, -0.15) is 0 Å². The molecule has 24 heavy (non-hydrogen) atoms. The average molecular weight is 336 g/mol. The van der Waals surface area contributed by atoms with E-state index in [0.29, 0.717) is 11.1 Å². The van der Waals surface area contributed by atoms with Gasteiger partial charge in [0.2, 0.25) is 0 Å². The normalized spacial score (nSPS) is 10.9. The van der Waals surface area contributed by atoms with E-state index in [2.05, 4.69) is 0 Å². The lowest BCUT2D eigenvalue weighted by atomic mass is 9.84. The zero-order valence-electron chi connectivity index (χ0n) is 15.0. The van der Waals surface area contributed by atoms with E-state index in [0.717, 1.165) is 5.56 Å². The molecule has 1 aromatic rings. The third-order valence-electron chi connectivity index (χ3n) is 3.22. The van der Waals surface area contributed by atoms with Gasteiger partial charge < -0.3 is 14.2 Å². The zero-order valence-corrected chi connectivity index (χ0v) is 15.0. The number of hydrogen-bond acceptors (Lipinski definition) is 6. The molecule has 0 atom stereocenters. The Morgan fingerprint density at radius 3 is 1.54 bits per heavy atom. The van der Waals surface area contributed by atoms with Crippen molar-refractivity contribution in [3.8, 4) is 5.75 Å². The number of ether oxygens (including phenoxy) is 3. The standard InChI is InChI=1S/C18H24O6/c1-11(19)22-9-14-7-16(18(4,5)6)8-15(10-23-12(2)20)17(14)24-13(3)21/h7-8H,9-10H2,1-6H3. The average Bonchev–Trinajstić information content (AvgIpc) is 2.42. The maximum Gasteiger partial charge on any atom is 0.308 e. The largest absolute Gasteiger partial charge is 0.461 e. The third-order valence-corrected chi connectivity index (χ3v) is 3.22. The van der Waals surface area contributed by atoms with Crippen LogP contribution in [-0.4, -0.2) is 17.9 Å². The molecule has 0 aliphatic heterocycles. The van der Waals surface area contributed by atoms with Gasteiger partial charge in [-0.25, -0.2) is 0 Å². The van der Waals surface area contributed by atoms with Crippen molar-refractivity contribution in [1.82, 2.24) is 0 Å². The Morgan fingerprint density at radius 2 is 1.25 bits per heavy atom. The molecule has 0 saturated heterocycles. The van der Waals surface area contributed by atoms with Crippen molar-refractivity contribution in [1.29, 1.82) is 0 Å². The van der Waals surface area contributed by atoms with Gasteiger partial charge in [0.25, 0.3) is 0 Å². The molecule has 0 aliphatic carbocycles. The van der Waals surface area contributed by atoms with Gasteiger partial charge in [-0.05, 0) is 23.1 Å². The molecule has 132 valence electrons. The lowest BCUT2D eigenvalue weighted by Crippen LogP contribution is -2.16. The summed E-state index contributed by atoms with van der Waals surface area (Å²) in [5.74, 6) is -1.12. The van der Waals surface area contributed by atoms with Crippen LogP contribution in [0.4, 0.5) is 0 Å². The van der Waals surface area contributed by atoms with Crippen molar-refractivity contribution in [2.45, 2.75) is 60.2 Å². The van der Waals surface area contributed by atoms with Crippen molar-refractivity contribution in [3.05, 3.63) is 28.8 Å². The molecule has 0 radical (unpaired) electrons. The van der Waals surface area contributed by atoms with Crippen LogP contribution in [0.15, 0.2) is 12.1 Å². The molecule has 1 rings (SSSR count). The first-order chi connectivity index (χ1) is 11.0. The van der Waals surface area contributed by atoms with Gasteiger partial charge >= 0.3 is 17.9 Å². The lowest BCUT2D eigenvalue weighted by molar-refractivity contribution is -0.142.